The van der Waals surface area contributed by atoms with Crippen LogP contribution < -0.4 is 5.32 Å². The monoisotopic (exact) mass is 478 g/mol. The number of piperidine rings is 1. The zero-order chi connectivity index (χ0) is 24.4. The molecule has 3 heterocycles. The van der Waals surface area contributed by atoms with Gasteiger partial charge in [-0.1, -0.05) is 13.3 Å². The van der Waals surface area contributed by atoms with Gasteiger partial charge in [-0.3, -0.25) is 9.89 Å². The number of H-pyrrole nitrogens is 2. The van der Waals surface area contributed by atoms with Crippen LogP contribution in [0.1, 0.15) is 43.0 Å². The molecule has 1 aliphatic heterocycles. The molecule has 2 aromatic heterocycles. The standard InChI is InChI=1S/C25H27FN6O3/c1-2-3-12-35-25(34)32-10-8-17(9-11-32)27-24(33)15-4-6-19-18(13-15)22(31-30-19)23-28-20-7-5-16(26)14-21(20)29-23/h4-7,13-14,17H,2-3,8-12H2,1H3,(H,27,33)(H,28,29)(H,30,31). The van der Waals surface area contributed by atoms with Crippen LogP contribution in [0.4, 0.5) is 9.18 Å². The molecule has 0 spiro atoms. The zero-order valence-corrected chi connectivity index (χ0v) is 19.4. The molecule has 10 heteroatoms. The van der Waals surface area contributed by atoms with Crippen molar-refractivity contribution in [3.8, 4) is 11.5 Å². The number of ether oxygens (including phenoxy) is 1. The van der Waals surface area contributed by atoms with E-state index in [1.807, 2.05) is 6.92 Å². The highest BCUT2D eigenvalue weighted by Gasteiger charge is 2.25. The molecule has 0 aliphatic carbocycles. The summed E-state index contributed by atoms with van der Waals surface area (Å²) in [7, 11) is 0. The van der Waals surface area contributed by atoms with Crippen molar-refractivity contribution < 1.29 is 18.7 Å². The second kappa shape index (κ2) is 9.73. The number of nitrogens with one attached hydrogen (secondary N) is 3. The van der Waals surface area contributed by atoms with E-state index in [1.165, 1.54) is 12.1 Å². The number of unbranched alkanes of at least 4 members (excludes halogenated alkanes) is 1. The van der Waals surface area contributed by atoms with Crippen LogP contribution in [-0.4, -0.2) is 62.8 Å². The van der Waals surface area contributed by atoms with E-state index in [0.29, 0.717) is 60.7 Å². The number of carbonyl (C=O) groups excluding carboxylic acids is 2. The Labute approximate surface area is 201 Å². The molecule has 0 atom stereocenters. The first-order valence-electron chi connectivity index (χ1n) is 11.9. The fourth-order valence-electron chi connectivity index (χ4n) is 4.30. The van der Waals surface area contributed by atoms with Crippen molar-refractivity contribution >= 4 is 33.9 Å². The Morgan fingerprint density at radius 1 is 1.17 bits per heavy atom. The molecule has 35 heavy (non-hydrogen) atoms. The quantitative estimate of drug-likeness (QED) is 0.356. The van der Waals surface area contributed by atoms with E-state index >= 15 is 0 Å². The second-order valence-corrected chi connectivity index (χ2v) is 8.78. The van der Waals surface area contributed by atoms with Gasteiger partial charge in [0.15, 0.2) is 5.82 Å². The smallest absolute Gasteiger partial charge is 0.409 e. The van der Waals surface area contributed by atoms with Crippen LogP contribution in [0.3, 0.4) is 0 Å². The summed E-state index contributed by atoms with van der Waals surface area (Å²) >= 11 is 0. The number of hydrogen-bond acceptors (Lipinski definition) is 5. The topological polar surface area (TPSA) is 116 Å². The summed E-state index contributed by atoms with van der Waals surface area (Å²) in [5.74, 6) is -0.0416. The molecule has 4 aromatic rings. The summed E-state index contributed by atoms with van der Waals surface area (Å²) in [6, 6.07) is 9.65. The SMILES string of the molecule is CCCCOC(=O)N1CCC(NC(=O)c2ccc3[nH]nc(-c4nc5ccc(F)cc5[nH]4)c3c2)CC1. The van der Waals surface area contributed by atoms with E-state index < -0.39 is 0 Å². The highest BCUT2D eigenvalue weighted by Crippen LogP contribution is 2.27. The number of amides is 2. The van der Waals surface area contributed by atoms with Crippen molar-refractivity contribution in [3.63, 3.8) is 0 Å². The number of aromatic amines is 2. The van der Waals surface area contributed by atoms with E-state index in [-0.39, 0.29) is 23.9 Å². The van der Waals surface area contributed by atoms with Gasteiger partial charge in [-0.2, -0.15) is 5.10 Å². The van der Waals surface area contributed by atoms with Crippen molar-refractivity contribution in [2.75, 3.05) is 19.7 Å². The van der Waals surface area contributed by atoms with Crippen LogP contribution in [0.2, 0.25) is 0 Å². The van der Waals surface area contributed by atoms with Gasteiger partial charge in [0, 0.05) is 30.1 Å². The van der Waals surface area contributed by atoms with Gasteiger partial charge >= 0.3 is 6.09 Å². The molecule has 2 aromatic carbocycles. The summed E-state index contributed by atoms with van der Waals surface area (Å²) in [4.78, 5) is 34.4. The molecule has 5 rings (SSSR count). The highest BCUT2D eigenvalue weighted by atomic mass is 19.1. The number of benzene rings is 2. The third-order valence-electron chi connectivity index (χ3n) is 6.31. The lowest BCUT2D eigenvalue weighted by atomic mass is 10.0. The average molecular weight is 479 g/mol. The first-order valence-corrected chi connectivity index (χ1v) is 11.9. The summed E-state index contributed by atoms with van der Waals surface area (Å²) < 4.78 is 18.8. The molecule has 0 saturated carbocycles. The molecule has 1 fully saturated rings. The number of carbonyl (C=O) groups is 2. The third kappa shape index (κ3) is 4.82. The molecule has 3 N–H and O–H groups in total. The number of nitrogens with zero attached hydrogens (tertiary/aromatic N) is 3. The van der Waals surface area contributed by atoms with Gasteiger partial charge in [-0.05, 0) is 55.7 Å². The predicted octanol–water partition coefficient (Wildman–Crippen LogP) is 4.38. The number of imidazole rings is 1. The summed E-state index contributed by atoms with van der Waals surface area (Å²) in [6.45, 7) is 3.59. The third-order valence-corrected chi connectivity index (χ3v) is 6.31. The maximum absolute atomic E-state index is 13.6. The molecular weight excluding hydrogens is 451 g/mol. The minimum absolute atomic E-state index is 0.0213. The second-order valence-electron chi connectivity index (χ2n) is 8.78. The number of rotatable bonds is 6. The van der Waals surface area contributed by atoms with Crippen LogP contribution in [0.25, 0.3) is 33.5 Å². The average Bonchev–Trinajstić information content (AvgIpc) is 3.47. The Morgan fingerprint density at radius 2 is 2.00 bits per heavy atom. The van der Waals surface area contributed by atoms with E-state index in [1.54, 1.807) is 29.2 Å². The number of likely N-dealkylation sites (tertiary alicyclic amines) is 1. The summed E-state index contributed by atoms with van der Waals surface area (Å²) in [6.07, 6.45) is 2.89. The lowest BCUT2D eigenvalue weighted by Gasteiger charge is -2.31. The molecule has 0 bridgehead atoms. The Kier molecular flexibility index (Phi) is 6.35. The molecule has 0 unspecified atom stereocenters. The molecule has 9 nitrogen and oxygen atoms in total. The van der Waals surface area contributed by atoms with Gasteiger partial charge < -0.3 is 19.9 Å². The van der Waals surface area contributed by atoms with Crippen LogP contribution in [0, 0.1) is 5.82 Å². The number of hydrogen-bond donors (Lipinski definition) is 3. The number of aromatic nitrogens is 4. The lowest BCUT2D eigenvalue weighted by molar-refractivity contribution is 0.0836. The van der Waals surface area contributed by atoms with Crippen LogP contribution in [0.5, 0.6) is 0 Å². The Morgan fingerprint density at radius 3 is 2.80 bits per heavy atom. The summed E-state index contributed by atoms with van der Waals surface area (Å²) in [5, 5.41) is 11.1. The van der Waals surface area contributed by atoms with Crippen molar-refractivity contribution in [2.45, 2.75) is 38.6 Å². The molecule has 1 saturated heterocycles. The largest absolute Gasteiger partial charge is 0.449 e. The number of halogens is 1. The maximum atomic E-state index is 13.6. The first-order chi connectivity index (χ1) is 17.0. The predicted molar refractivity (Wildman–Crippen MR) is 129 cm³/mol. The molecule has 2 amide bonds. The maximum Gasteiger partial charge on any atom is 0.409 e. The van der Waals surface area contributed by atoms with Crippen molar-refractivity contribution in [2.24, 2.45) is 0 Å². The van der Waals surface area contributed by atoms with E-state index in [0.717, 1.165) is 23.7 Å². The molecular formula is C25H27FN6O3. The Balaban J connectivity index is 1.26. The van der Waals surface area contributed by atoms with Gasteiger partial charge in [-0.25, -0.2) is 14.2 Å². The minimum atomic E-state index is -0.349. The molecule has 0 radical (unpaired) electrons. The summed E-state index contributed by atoms with van der Waals surface area (Å²) in [5.41, 5.74) is 3.03. The van der Waals surface area contributed by atoms with E-state index in [2.05, 4.69) is 25.5 Å². The van der Waals surface area contributed by atoms with Gasteiger partial charge in [0.25, 0.3) is 5.91 Å². The van der Waals surface area contributed by atoms with Gasteiger partial charge in [0.2, 0.25) is 0 Å². The van der Waals surface area contributed by atoms with Crippen LogP contribution in [0.15, 0.2) is 36.4 Å². The minimum Gasteiger partial charge on any atom is -0.449 e. The first kappa shape index (κ1) is 22.8. The van der Waals surface area contributed by atoms with Gasteiger partial charge in [0.1, 0.15) is 11.5 Å². The van der Waals surface area contributed by atoms with Crippen molar-refractivity contribution in [1.82, 2.24) is 30.4 Å². The van der Waals surface area contributed by atoms with E-state index in [9.17, 15) is 14.0 Å². The van der Waals surface area contributed by atoms with E-state index in [4.69, 9.17) is 4.74 Å². The van der Waals surface area contributed by atoms with Crippen molar-refractivity contribution in [3.05, 3.63) is 47.8 Å². The van der Waals surface area contributed by atoms with Crippen LogP contribution in [-0.2, 0) is 4.74 Å². The normalized spacial score (nSPS) is 14.5. The molecule has 182 valence electrons. The highest BCUT2D eigenvalue weighted by molar-refractivity contribution is 6.01. The van der Waals surface area contributed by atoms with Gasteiger partial charge in [0.05, 0.1) is 23.2 Å². The fourth-order valence-corrected chi connectivity index (χ4v) is 4.30. The Hall–Kier alpha value is -3.95. The zero-order valence-electron chi connectivity index (χ0n) is 19.4. The Bertz CT molecular complexity index is 1370. The number of fused-ring (bicyclic) bond motifs is 2. The lowest BCUT2D eigenvalue weighted by Crippen LogP contribution is -2.46. The van der Waals surface area contributed by atoms with Gasteiger partial charge in [-0.15, -0.1) is 0 Å². The molecule has 1 aliphatic rings. The van der Waals surface area contributed by atoms with Crippen molar-refractivity contribution in [1.29, 1.82) is 0 Å². The van der Waals surface area contributed by atoms with Crippen LogP contribution >= 0.6 is 0 Å². The fraction of sp³-hybridized carbons (Fsp3) is 0.360.